The highest BCUT2D eigenvalue weighted by molar-refractivity contribution is 6.33. The van der Waals surface area contributed by atoms with E-state index in [2.05, 4.69) is 20.2 Å². The molecule has 2 aromatic heterocycles. The van der Waals surface area contributed by atoms with E-state index in [1.165, 1.54) is 0 Å². The molecule has 3 rings (SSSR count). The van der Waals surface area contributed by atoms with Crippen molar-refractivity contribution >= 4 is 23.3 Å². The standard InChI is InChI=1S/C20H26ClN5O/c1-14-5-4-8-22-20(14)16-11-18(23-12-17(16)21)26-9-6-15(7-10-26)24-19(27)13-25(2)3/h4-5,8,11-12,15H,6-7,9-10,13H2,1-3H3,(H,24,27). The molecule has 0 atom stereocenters. The molecule has 1 amide bonds. The molecule has 0 saturated carbocycles. The Morgan fingerprint density at radius 2 is 2.07 bits per heavy atom. The number of hydrogen-bond donors (Lipinski definition) is 1. The number of anilines is 1. The molecule has 1 aliphatic rings. The second-order valence-electron chi connectivity index (χ2n) is 7.26. The van der Waals surface area contributed by atoms with Crippen molar-refractivity contribution in [3.63, 3.8) is 0 Å². The van der Waals surface area contributed by atoms with Gasteiger partial charge in [-0.3, -0.25) is 9.78 Å². The van der Waals surface area contributed by atoms with E-state index in [0.29, 0.717) is 11.6 Å². The third-order valence-electron chi connectivity index (χ3n) is 4.75. The normalized spacial score (nSPS) is 15.2. The molecular formula is C20H26ClN5O. The van der Waals surface area contributed by atoms with Crippen LogP contribution in [0, 0.1) is 6.92 Å². The minimum absolute atomic E-state index is 0.0796. The second-order valence-corrected chi connectivity index (χ2v) is 7.67. The van der Waals surface area contributed by atoms with E-state index in [1.807, 2.05) is 44.1 Å². The van der Waals surface area contributed by atoms with Gasteiger partial charge in [0.15, 0.2) is 0 Å². The van der Waals surface area contributed by atoms with E-state index in [-0.39, 0.29) is 11.9 Å². The van der Waals surface area contributed by atoms with Gasteiger partial charge in [-0.2, -0.15) is 0 Å². The maximum atomic E-state index is 11.9. The van der Waals surface area contributed by atoms with Crippen molar-refractivity contribution < 1.29 is 4.79 Å². The summed E-state index contributed by atoms with van der Waals surface area (Å²) in [6, 6.07) is 6.19. The number of halogens is 1. The maximum absolute atomic E-state index is 11.9. The van der Waals surface area contributed by atoms with E-state index in [0.717, 1.165) is 48.6 Å². The first-order valence-electron chi connectivity index (χ1n) is 9.20. The molecule has 0 spiro atoms. The van der Waals surface area contributed by atoms with E-state index < -0.39 is 0 Å². The summed E-state index contributed by atoms with van der Waals surface area (Å²) >= 11 is 6.39. The van der Waals surface area contributed by atoms with Crippen LogP contribution in [-0.4, -0.2) is 60.5 Å². The summed E-state index contributed by atoms with van der Waals surface area (Å²) in [5, 5.41) is 3.72. The first-order chi connectivity index (χ1) is 12.9. The first kappa shape index (κ1) is 19.6. The fourth-order valence-electron chi connectivity index (χ4n) is 3.36. The summed E-state index contributed by atoms with van der Waals surface area (Å²) in [4.78, 5) is 25.1. The van der Waals surface area contributed by atoms with Crippen LogP contribution in [0.15, 0.2) is 30.6 Å². The SMILES string of the molecule is Cc1cccnc1-c1cc(N2CCC(NC(=O)CN(C)C)CC2)ncc1Cl. The van der Waals surface area contributed by atoms with Crippen molar-refractivity contribution in [2.24, 2.45) is 0 Å². The summed E-state index contributed by atoms with van der Waals surface area (Å²) in [7, 11) is 3.80. The molecule has 3 heterocycles. The van der Waals surface area contributed by atoms with Gasteiger partial charge in [-0.05, 0) is 51.6 Å². The molecule has 1 saturated heterocycles. The number of carbonyl (C=O) groups is 1. The number of nitrogens with one attached hydrogen (secondary N) is 1. The average Bonchev–Trinajstić information content (AvgIpc) is 2.63. The molecule has 1 fully saturated rings. The molecule has 6 nitrogen and oxygen atoms in total. The Kier molecular flexibility index (Phi) is 6.29. The van der Waals surface area contributed by atoms with Crippen molar-refractivity contribution in [2.75, 3.05) is 38.6 Å². The highest BCUT2D eigenvalue weighted by Gasteiger charge is 2.22. The van der Waals surface area contributed by atoms with Crippen LogP contribution in [0.3, 0.4) is 0 Å². The summed E-state index contributed by atoms with van der Waals surface area (Å²) in [6.45, 7) is 4.15. The summed E-state index contributed by atoms with van der Waals surface area (Å²) in [5.74, 6) is 0.980. The van der Waals surface area contributed by atoms with Crippen LogP contribution >= 0.6 is 11.6 Å². The molecule has 0 bridgehead atoms. The molecule has 0 aliphatic carbocycles. The van der Waals surface area contributed by atoms with Gasteiger partial charge < -0.3 is 15.1 Å². The predicted molar refractivity (Wildman–Crippen MR) is 109 cm³/mol. The minimum atomic E-state index is 0.0796. The third kappa shape index (κ3) is 4.96. The molecule has 2 aromatic rings. The highest BCUT2D eigenvalue weighted by Crippen LogP contribution is 2.31. The predicted octanol–water partition coefficient (Wildman–Crippen LogP) is 2.75. The van der Waals surface area contributed by atoms with Gasteiger partial charge in [0.1, 0.15) is 5.82 Å². The zero-order chi connectivity index (χ0) is 19.4. The zero-order valence-electron chi connectivity index (χ0n) is 16.1. The molecule has 0 radical (unpaired) electrons. The number of amides is 1. The van der Waals surface area contributed by atoms with Crippen molar-refractivity contribution in [1.29, 1.82) is 0 Å². The molecule has 0 aromatic carbocycles. The monoisotopic (exact) mass is 387 g/mol. The smallest absolute Gasteiger partial charge is 0.234 e. The Hall–Kier alpha value is -2.18. The topological polar surface area (TPSA) is 61.4 Å². The lowest BCUT2D eigenvalue weighted by Crippen LogP contribution is -2.47. The maximum Gasteiger partial charge on any atom is 0.234 e. The van der Waals surface area contributed by atoms with Gasteiger partial charge in [0, 0.05) is 37.1 Å². The largest absolute Gasteiger partial charge is 0.356 e. The van der Waals surface area contributed by atoms with E-state index in [4.69, 9.17) is 11.6 Å². The van der Waals surface area contributed by atoms with E-state index >= 15 is 0 Å². The molecule has 0 unspecified atom stereocenters. The lowest BCUT2D eigenvalue weighted by Gasteiger charge is -2.33. The molecule has 144 valence electrons. The van der Waals surface area contributed by atoms with Crippen LogP contribution in [0.5, 0.6) is 0 Å². The van der Waals surface area contributed by atoms with E-state index in [1.54, 1.807) is 12.4 Å². The van der Waals surface area contributed by atoms with Crippen LogP contribution in [0.2, 0.25) is 5.02 Å². The lowest BCUT2D eigenvalue weighted by atomic mass is 10.0. The Morgan fingerprint density at radius 1 is 1.33 bits per heavy atom. The number of aromatic nitrogens is 2. The van der Waals surface area contributed by atoms with Crippen LogP contribution in [0.25, 0.3) is 11.3 Å². The highest BCUT2D eigenvalue weighted by atomic mass is 35.5. The minimum Gasteiger partial charge on any atom is -0.356 e. The van der Waals surface area contributed by atoms with Crippen LogP contribution < -0.4 is 10.2 Å². The molecule has 7 heteroatoms. The summed E-state index contributed by atoms with van der Waals surface area (Å²) in [6.07, 6.45) is 5.29. The van der Waals surface area contributed by atoms with Gasteiger partial charge in [0.05, 0.1) is 17.3 Å². The Bertz CT molecular complexity index is 803. The van der Waals surface area contributed by atoms with Crippen molar-refractivity contribution in [3.05, 3.63) is 41.2 Å². The van der Waals surface area contributed by atoms with Crippen LogP contribution in [0.4, 0.5) is 5.82 Å². The van der Waals surface area contributed by atoms with Gasteiger partial charge in [-0.1, -0.05) is 17.7 Å². The van der Waals surface area contributed by atoms with Gasteiger partial charge in [0.2, 0.25) is 5.91 Å². The summed E-state index contributed by atoms with van der Waals surface area (Å²) in [5.41, 5.74) is 2.87. The quantitative estimate of drug-likeness (QED) is 0.854. The number of nitrogens with zero attached hydrogens (tertiary/aromatic N) is 4. The molecular weight excluding hydrogens is 362 g/mol. The number of carbonyl (C=O) groups excluding carboxylic acids is 1. The third-order valence-corrected chi connectivity index (χ3v) is 5.05. The number of piperidine rings is 1. The molecule has 1 aliphatic heterocycles. The fraction of sp³-hybridized carbons (Fsp3) is 0.450. The number of rotatable bonds is 5. The second kappa shape index (κ2) is 8.67. The fourth-order valence-corrected chi connectivity index (χ4v) is 3.56. The number of pyridine rings is 2. The Balaban J connectivity index is 1.68. The number of hydrogen-bond acceptors (Lipinski definition) is 5. The Labute approximate surface area is 165 Å². The van der Waals surface area contributed by atoms with Gasteiger partial charge in [-0.15, -0.1) is 0 Å². The number of likely N-dealkylation sites (N-methyl/N-ethyl adjacent to an activating group) is 1. The van der Waals surface area contributed by atoms with Crippen molar-refractivity contribution in [1.82, 2.24) is 20.2 Å². The molecule has 1 N–H and O–H groups in total. The van der Waals surface area contributed by atoms with Crippen LogP contribution in [0.1, 0.15) is 18.4 Å². The van der Waals surface area contributed by atoms with Gasteiger partial charge in [0.25, 0.3) is 0 Å². The Morgan fingerprint density at radius 3 is 2.74 bits per heavy atom. The van der Waals surface area contributed by atoms with Gasteiger partial charge >= 0.3 is 0 Å². The van der Waals surface area contributed by atoms with Crippen LogP contribution in [-0.2, 0) is 4.79 Å². The van der Waals surface area contributed by atoms with Crippen molar-refractivity contribution in [2.45, 2.75) is 25.8 Å². The molecule has 27 heavy (non-hydrogen) atoms. The average molecular weight is 388 g/mol. The van der Waals surface area contributed by atoms with E-state index in [9.17, 15) is 4.79 Å². The number of aryl methyl sites for hydroxylation is 1. The van der Waals surface area contributed by atoms with Gasteiger partial charge in [-0.25, -0.2) is 4.98 Å². The summed E-state index contributed by atoms with van der Waals surface area (Å²) < 4.78 is 0. The first-order valence-corrected chi connectivity index (χ1v) is 9.58. The van der Waals surface area contributed by atoms with Crippen molar-refractivity contribution in [3.8, 4) is 11.3 Å². The zero-order valence-corrected chi connectivity index (χ0v) is 16.8. The lowest BCUT2D eigenvalue weighted by molar-refractivity contribution is -0.122.